The largest absolute Gasteiger partial charge is 0.303 e. The maximum absolute atomic E-state index is 10.8. The average molecular weight is 246 g/mol. The normalized spacial score (nSPS) is 23.1. The van der Waals surface area contributed by atoms with Gasteiger partial charge in [0.15, 0.2) is 0 Å². The Balaban J connectivity index is 2.82. The summed E-state index contributed by atoms with van der Waals surface area (Å²) < 4.78 is 0. The quantitative estimate of drug-likeness (QED) is 0.495. The smallest absolute Gasteiger partial charge is 0.120 e. The van der Waals surface area contributed by atoms with Crippen LogP contribution in [0.1, 0.15) is 59.3 Å². The topological polar surface area (TPSA) is 17.1 Å². The van der Waals surface area contributed by atoms with Crippen LogP contribution in [0.4, 0.5) is 0 Å². The van der Waals surface area contributed by atoms with Crippen molar-refractivity contribution in [2.75, 3.05) is 0 Å². The molecule has 1 rings (SSSR count). The zero-order chi connectivity index (χ0) is 13.4. The van der Waals surface area contributed by atoms with E-state index in [0.717, 1.165) is 32.0 Å². The van der Waals surface area contributed by atoms with E-state index < -0.39 is 0 Å². The molecule has 0 radical (unpaired) electrons. The minimum Gasteiger partial charge on any atom is -0.303 e. The zero-order valence-electron chi connectivity index (χ0n) is 12.0. The van der Waals surface area contributed by atoms with Crippen LogP contribution in [0.5, 0.6) is 0 Å². The van der Waals surface area contributed by atoms with Crippen molar-refractivity contribution in [2.24, 2.45) is 5.92 Å². The van der Waals surface area contributed by atoms with E-state index >= 15 is 0 Å². The van der Waals surface area contributed by atoms with E-state index in [-0.39, 0.29) is 0 Å². The van der Waals surface area contributed by atoms with Crippen molar-refractivity contribution in [3.8, 4) is 0 Å². The lowest BCUT2D eigenvalue weighted by Gasteiger charge is -2.16. The molecule has 0 amide bonds. The Kier molecular flexibility index (Phi) is 6.70. The summed E-state index contributed by atoms with van der Waals surface area (Å²) in [5, 5.41) is 0. The van der Waals surface area contributed by atoms with Gasteiger partial charge in [-0.1, -0.05) is 34.9 Å². The van der Waals surface area contributed by atoms with E-state index in [0.29, 0.717) is 12.3 Å². The van der Waals surface area contributed by atoms with Crippen LogP contribution in [0.15, 0.2) is 34.9 Å². The molecule has 1 aliphatic rings. The van der Waals surface area contributed by atoms with Crippen LogP contribution in [-0.4, -0.2) is 6.29 Å². The number of allylic oxidation sites excluding steroid dienone is 6. The van der Waals surface area contributed by atoms with Gasteiger partial charge in [0.05, 0.1) is 0 Å². The molecule has 0 heterocycles. The fourth-order valence-electron chi connectivity index (χ4n) is 2.41. The minimum absolute atomic E-state index is 0.430. The highest BCUT2D eigenvalue weighted by atomic mass is 16.1. The molecule has 0 N–H and O–H groups in total. The lowest BCUT2D eigenvalue weighted by Crippen LogP contribution is -2.04. The Bertz CT molecular complexity index is 358. The van der Waals surface area contributed by atoms with E-state index in [1.54, 1.807) is 0 Å². The van der Waals surface area contributed by atoms with Crippen molar-refractivity contribution in [1.82, 2.24) is 0 Å². The molecule has 0 aromatic rings. The summed E-state index contributed by atoms with van der Waals surface area (Å²) >= 11 is 0. The number of hydrogen-bond acceptors (Lipinski definition) is 1. The van der Waals surface area contributed by atoms with Crippen molar-refractivity contribution in [3.05, 3.63) is 34.9 Å². The summed E-state index contributed by atoms with van der Waals surface area (Å²) in [6, 6.07) is 0. The van der Waals surface area contributed by atoms with E-state index in [4.69, 9.17) is 0 Å². The number of aldehydes is 1. The van der Waals surface area contributed by atoms with Gasteiger partial charge in [-0.3, -0.25) is 0 Å². The maximum atomic E-state index is 10.8. The summed E-state index contributed by atoms with van der Waals surface area (Å²) in [4.78, 5) is 10.8. The van der Waals surface area contributed by atoms with Crippen LogP contribution in [0.2, 0.25) is 0 Å². The first-order chi connectivity index (χ1) is 8.63. The second kappa shape index (κ2) is 8.07. The SMILES string of the molecule is CC1=CCC=C(C)C(CC=O)CCC(C)=CCC1. The number of hydrogen-bond donors (Lipinski definition) is 0. The van der Waals surface area contributed by atoms with Crippen molar-refractivity contribution >= 4 is 6.29 Å². The van der Waals surface area contributed by atoms with E-state index in [1.165, 1.54) is 23.1 Å². The second-order valence-electron chi connectivity index (χ2n) is 5.46. The summed E-state index contributed by atoms with van der Waals surface area (Å²) in [6.07, 6.45) is 14.2. The highest BCUT2D eigenvalue weighted by molar-refractivity contribution is 5.50. The molecule has 0 saturated heterocycles. The summed E-state index contributed by atoms with van der Waals surface area (Å²) in [7, 11) is 0. The molecule has 0 fully saturated rings. The Morgan fingerprint density at radius 1 is 1.11 bits per heavy atom. The molecular weight excluding hydrogens is 220 g/mol. The van der Waals surface area contributed by atoms with Gasteiger partial charge in [-0.15, -0.1) is 0 Å². The Morgan fingerprint density at radius 2 is 1.83 bits per heavy atom. The molecule has 0 bridgehead atoms. The van der Waals surface area contributed by atoms with Crippen molar-refractivity contribution in [3.63, 3.8) is 0 Å². The molecule has 1 nitrogen and oxygen atoms in total. The third kappa shape index (κ3) is 5.48. The number of carbonyl (C=O) groups excluding carboxylic acids is 1. The van der Waals surface area contributed by atoms with Gasteiger partial charge in [-0.2, -0.15) is 0 Å². The summed E-state index contributed by atoms with van der Waals surface area (Å²) in [6.45, 7) is 6.59. The Labute approximate surface area is 112 Å². The summed E-state index contributed by atoms with van der Waals surface area (Å²) in [5.41, 5.74) is 4.31. The Morgan fingerprint density at radius 3 is 2.56 bits per heavy atom. The van der Waals surface area contributed by atoms with E-state index in [9.17, 15) is 4.79 Å². The van der Waals surface area contributed by atoms with Crippen LogP contribution < -0.4 is 0 Å². The first kappa shape index (κ1) is 14.9. The standard InChI is InChI=1S/C17H26O/c1-14-6-4-7-15(2)10-11-17(12-13-18)16(3)9-5-8-14/h7-9,13,17H,4-6,10-12H2,1-3H3. The zero-order valence-corrected chi connectivity index (χ0v) is 12.0. The van der Waals surface area contributed by atoms with Crippen LogP contribution in [0.3, 0.4) is 0 Å². The van der Waals surface area contributed by atoms with Gasteiger partial charge in [0, 0.05) is 6.42 Å². The van der Waals surface area contributed by atoms with Gasteiger partial charge in [0.1, 0.15) is 6.29 Å². The second-order valence-corrected chi connectivity index (χ2v) is 5.46. The molecule has 0 aliphatic heterocycles. The van der Waals surface area contributed by atoms with Gasteiger partial charge < -0.3 is 4.79 Å². The fraction of sp³-hybridized carbons (Fsp3) is 0.588. The van der Waals surface area contributed by atoms with Crippen molar-refractivity contribution in [2.45, 2.75) is 59.3 Å². The highest BCUT2D eigenvalue weighted by Crippen LogP contribution is 2.24. The lowest BCUT2D eigenvalue weighted by atomic mass is 9.89. The molecule has 1 heteroatoms. The molecular formula is C17H26O. The monoisotopic (exact) mass is 246 g/mol. The fourth-order valence-corrected chi connectivity index (χ4v) is 2.41. The van der Waals surface area contributed by atoms with Crippen LogP contribution >= 0.6 is 0 Å². The van der Waals surface area contributed by atoms with Gasteiger partial charge in [-0.05, 0) is 58.8 Å². The van der Waals surface area contributed by atoms with Gasteiger partial charge in [-0.25, -0.2) is 0 Å². The lowest BCUT2D eigenvalue weighted by molar-refractivity contribution is -0.108. The molecule has 100 valence electrons. The van der Waals surface area contributed by atoms with Crippen molar-refractivity contribution < 1.29 is 4.79 Å². The highest BCUT2D eigenvalue weighted by Gasteiger charge is 2.10. The minimum atomic E-state index is 0.430. The average Bonchev–Trinajstić information content (AvgIpc) is 2.33. The third-order valence-corrected chi connectivity index (χ3v) is 3.85. The van der Waals surface area contributed by atoms with E-state index in [1.807, 2.05) is 0 Å². The summed E-state index contributed by atoms with van der Waals surface area (Å²) in [5.74, 6) is 0.430. The first-order valence-corrected chi connectivity index (χ1v) is 7.05. The Hall–Kier alpha value is -1.11. The van der Waals surface area contributed by atoms with Crippen LogP contribution in [0.25, 0.3) is 0 Å². The molecule has 0 aromatic heterocycles. The van der Waals surface area contributed by atoms with Crippen LogP contribution in [0, 0.1) is 5.92 Å². The third-order valence-electron chi connectivity index (χ3n) is 3.85. The molecule has 18 heavy (non-hydrogen) atoms. The van der Waals surface area contributed by atoms with Gasteiger partial charge >= 0.3 is 0 Å². The predicted molar refractivity (Wildman–Crippen MR) is 78.5 cm³/mol. The molecule has 1 aliphatic carbocycles. The number of carbonyl (C=O) groups is 1. The van der Waals surface area contributed by atoms with Gasteiger partial charge in [0.2, 0.25) is 0 Å². The number of rotatable bonds is 2. The maximum Gasteiger partial charge on any atom is 0.120 e. The molecule has 0 aromatic carbocycles. The molecule has 1 unspecified atom stereocenters. The predicted octanol–water partition coefficient (Wildman–Crippen LogP) is 4.99. The van der Waals surface area contributed by atoms with Crippen molar-refractivity contribution in [1.29, 1.82) is 0 Å². The van der Waals surface area contributed by atoms with Gasteiger partial charge in [0.25, 0.3) is 0 Å². The van der Waals surface area contributed by atoms with E-state index in [2.05, 4.69) is 39.0 Å². The first-order valence-electron chi connectivity index (χ1n) is 7.05. The molecule has 1 atom stereocenters. The van der Waals surface area contributed by atoms with Crippen LogP contribution in [-0.2, 0) is 4.79 Å². The molecule has 0 spiro atoms. The molecule has 0 saturated carbocycles.